The van der Waals surface area contributed by atoms with Crippen LogP contribution in [-0.2, 0) is 84.5 Å². The molecule has 3 saturated heterocycles. The second kappa shape index (κ2) is 44.4. The zero-order chi connectivity index (χ0) is 83.7. The van der Waals surface area contributed by atoms with E-state index in [1.54, 1.807) is 75.2 Å². The van der Waals surface area contributed by atoms with Gasteiger partial charge in [-0.15, -0.1) is 0 Å². The third-order valence-electron chi connectivity index (χ3n) is 23.6. The number of likely N-dealkylation sites (tertiary alicyclic amines) is 2. The van der Waals surface area contributed by atoms with Gasteiger partial charge in [-0.2, -0.15) is 0 Å². The largest absolute Gasteiger partial charge is 0.458 e. The van der Waals surface area contributed by atoms with E-state index in [2.05, 4.69) is 37.2 Å². The highest BCUT2D eigenvalue weighted by Gasteiger charge is 2.48. The number of ether oxygens (including phenoxy) is 5. The average Bonchev–Trinajstić information content (AvgIpc) is 1.68. The highest BCUT2D eigenvalue weighted by Crippen LogP contribution is 2.33. The van der Waals surface area contributed by atoms with E-state index in [0.29, 0.717) is 64.6 Å². The maximum absolute atomic E-state index is 15.0. The van der Waals surface area contributed by atoms with Crippen molar-refractivity contribution < 1.29 is 71.6 Å². The molecule has 3 aliphatic heterocycles. The Bertz CT molecular complexity index is 3390. The Morgan fingerprint density at radius 2 is 1.05 bits per heavy atom. The van der Waals surface area contributed by atoms with Crippen LogP contribution in [0.2, 0.25) is 0 Å². The summed E-state index contributed by atoms with van der Waals surface area (Å²) in [6, 6.07) is 12.4. The molecule has 0 aliphatic carbocycles. The van der Waals surface area contributed by atoms with Crippen LogP contribution >= 0.6 is 0 Å². The average molecular weight is 1570 g/mol. The zero-order valence-electron chi connectivity index (χ0n) is 71.1. The molecule has 0 bridgehead atoms. The summed E-state index contributed by atoms with van der Waals surface area (Å²) in [5.41, 5.74) is 4.14. The summed E-state index contributed by atoms with van der Waals surface area (Å²) in [4.78, 5) is 151. The number of likely N-dealkylation sites (N-methyl/N-ethyl adjacent to an activating group) is 2. The lowest BCUT2D eigenvalue weighted by Gasteiger charge is -2.41. The van der Waals surface area contributed by atoms with Crippen LogP contribution in [0.3, 0.4) is 0 Å². The van der Waals surface area contributed by atoms with Gasteiger partial charge in [0.05, 0.1) is 90.9 Å². The van der Waals surface area contributed by atoms with Crippen LogP contribution in [0.1, 0.15) is 186 Å². The van der Waals surface area contributed by atoms with E-state index in [1.165, 1.54) is 28.4 Å². The lowest BCUT2D eigenvalue weighted by atomic mass is 9.89. The minimum Gasteiger partial charge on any atom is -0.458 e. The Labute approximate surface area is 667 Å². The quantitative estimate of drug-likeness (QED) is 0.0276. The van der Waals surface area contributed by atoms with Gasteiger partial charge in [0.25, 0.3) is 0 Å². The molecule has 5 rings (SSSR count). The molecule has 3 aliphatic rings. The molecule has 9 amide bonds. The van der Waals surface area contributed by atoms with E-state index < -0.39 is 131 Å². The molecule has 3 heterocycles. The Morgan fingerprint density at radius 1 is 0.616 bits per heavy atom. The summed E-state index contributed by atoms with van der Waals surface area (Å²) < 4.78 is 30.7. The van der Waals surface area contributed by atoms with E-state index in [9.17, 15) is 47.9 Å². The third kappa shape index (κ3) is 26.0. The van der Waals surface area contributed by atoms with Crippen LogP contribution in [-0.4, -0.2) is 256 Å². The van der Waals surface area contributed by atoms with Crippen LogP contribution in [0.4, 0.5) is 0 Å². The minimum absolute atomic E-state index is 0.0298. The first kappa shape index (κ1) is 95.1. The predicted molar refractivity (Wildman–Crippen MR) is 432 cm³/mol. The van der Waals surface area contributed by atoms with Crippen molar-refractivity contribution in [2.45, 2.75) is 277 Å². The van der Waals surface area contributed by atoms with Crippen LogP contribution in [0.5, 0.6) is 0 Å². The van der Waals surface area contributed by atoms with Gasteiger partial charge in [0.15, 0.2) is 0 Å². The lowest BCUT2D eigenvalue weighted by Crippen LogP contribution is -2.61. The first-order valence-electron chi connectivity index (χ1n) is 40.6. The topological polar surface area (TPSA) is 364 Å². The lowest BCUT2D eigenvalue weighted by molar-refractivity contribution is -0.161. The van der Waals surface area contributed by atoms with E-state index in [4.69, 9.17) is 34.8 Å². The number of rotatable bonds is 46. The standard InChI is InChI=1S/C84H139N13O15/c1-22-53(7)70(64(108-18)47-66(98)96-43-30-37-62(96)72(110-20)55(9)74(100)90-60(45-57-33-26-24-27-34-57)76(102)87-50-59(86)49-85)94(16)77(103)68(51(3)4)92-80(106)83(13,14)88-42-40-82(11,12)112-79(105)61(46-58-35-28-25-29-36-58)91-75(101)56(10)73(111-21)63-38-31-44-97(63)67(99)48-65(109-19)71(54(8)23-2)95(17)78(104)69(52(5)6)93-81(107)84(15)39-32-41-89-84/h24-29,33-36,51-56,60-65,68-73,86,88-89H,22-23,30-32,37-50,85H2,1-21H3,(H,87,102)(H,90,100)(H,91,101)(H,92,106)(H,93,107). The maximum atomic E-state index is 15.0. The molecule has 0 spiro atoms. The molecule has 17 unspecified atom stereocenters. The molecule has 0 saturated carbocycles. The van der Waals surface area contributed by atoms with Gasteiger partial charge in [-0.25, -0.2) is 4.79 Å². The number of nitrogens with one attached hydrogen (secondary N) is 8. The number of carbonyl (C=O) groups excluding carboxylic acids is 10. The third-order valence-corrected chi connectivity index (χ3v) is 23.6. The smallest absolute Gasteiger partial charge is 0.329 e. The highest BCUT2D eigenvalue weighted by atomic mass is 16.6. The first-order chi connectivity index (χ1) is 52.8. The van der Waals surface area contributed by atoms with Gasteiger partial charge in [-0.1, -0.05) is 143 Å². The monoisotopic (exact) mass is 1570 g/mol. The van der Waals surface area contributed by atoms with E-state index in [1.807, 2.05) is 123 Å². The molecule has 28 nitrogen and oxygen atoms in total. The zero-order valence-corrected chi connectivity index (χ0v) is 71.1. The van der Waals surface area contributed by atoms with Crippen molar-refractivity contribution in [1.29, 1.82) is 5.41 Å². The predicted octanol–water partition coefficient (Wildman–Crippen LogP) is 5.88. The molecule has 0 aromatic heterocycles. The Balaban J connectivity index is 1.23. The second-order valence-electron chi connectivity index (χ2n) is 33.4. The van der Waals surface area contributed by atoms with Gasteiger partial charge in [0.2, 0.25) is 53.2 Å². The number of methoxy groups -OCH3 is 4. The van der Waals surface area contributed by atoms with Crippen LogP contribution in [0.25, 0.3) is 0 Å². The summed E-state index contributed by atoms with van der Waals surface area (Å²) in [5.74, 6) is -6.50. The maximum Gasteiger partial charge on any atom is 0.329 e. The van der Waals surface area contributed by atoms with Crippen molar-refractivity contribution in [3.63, 3.8) is 0 Å². The van der Waals surface area contributed by atoms with E-state index in [-0.39, 0.29) is 111 Å². The first-order valence-corrected chi connectivity index (χ1v) is 40.6. The molecular formula is C84H139N13O15. The number of hydrogen-bond donors (Lipinski definition) is 9. The Morgan fingerprint density at radius 3 is 1.46 bits per heavy atom. The van der Waals surface area contributed by atoms with Crippen LogP contribution < -0.4 is 43.0 Å². The van der Waals surface area contributed by atoms with E-state index in [0.717, 1.165) is 17.5 Å². The van der Waals surface area contributed by atoms with Gasteiger partial charge < -0.3 is 91.6 Å². The Kier molecular flexibility index (Phi) is 37.7. The molecule has 0 radical (unpaired) electrons. The van der Waals surface area contributed by atoms with Gasteiger partial charge in [0, 0.05) is 80.7 Å². The molecule has 10 N–H and O–H groups in total. The SMILES string of the molecule is CCC(C)C(C(CC(=O)N1CCCC1C(OC)C(C)C(=O)NC(Cc1ccccc1)C(=O)NCC(=N)CN)OC)N(C)C(=O)C(NC(=O)C(C)(C)NCCC(C)(C)OC(=O)C(Cc1ccccc1)NC(=O)C(C)C(OC)C1CCCN1C(=O)CC(OC)C(C(C)CC)N(C)C(=O)C(NC(=O)C1(C)CCCN1)C(C)C)C(C)C. The summed E-state index contributed by atoms with van der Waals surface area (Å²) in [6.45, 7) is 29.3. The molecule has 2 aromatic carbocycles. The normalized spacial score (nSPS) is 20.5. The Hall–Kier alpha value is -7.47. The molecule has 3 fully saturated rings. The van der Waals surface area contributed by atoms with Crippen molar-refractivity contribution in [3.05, 3.63) is 71.8 Å². The molecule has 17 atom stereocenters. The van der Waals surface area contributed by atoms with Crippen molar-refractivity contribution >= 4 is 64.8 Å². The van der Waals surface area contributed by atoms with Crippen molar-refractivity contribution in [2.24, 2.45) is 41.2 Å². The fraction of sp³-hybridized carbons (Fsp3) is 0.726. The van der Waals surface area contributed by atoms with E-state index >= 15 is 0 Å². The van der Waals surface area contributed by atoms with Crippen molar-refractivity contribution in [1.82, 2.24) is 56.8 Å². The molecule has 2 aromatic rings. The summed E-state index contributed by atoms with van der Waals surface area (Å²) in [6.07, 6.45) is 2.44. The van der Waals surface area contributed by atoms with Gasteiger partial charge in [-0.3, -0.25) is 43.2 Å². The fourth-order valence-corrected chi connectivity index (χ4v) is 16.0. The van der Waals surface area contributed by atoms with Crippen LogP contribution in [0.15, 0.2) is 60.7 Å². The number of nitrogens with two attached hydrogens (primary N) is 1. The molecule has 112 heavy (non-hydrogen) atoms. The minimum atomic E-state index is -1.26. The van der Waals surface area contributed by atoms with Crippen molar-refractivity contribution in [2.75, 3.05) is 81.8 Å². The highest BCUT2D eigenvalue weighted by molar-refractivity contribution is 5.95. The summed E-state index contributed by atoms with van der Waals surface area (Å²) in [7, 11) is 9.42. The number of esters is 1. The number of hydrogen-bond acceptors (Lipinski definition) is 19. The number of carbonyl (C=O) groups is 10. The van der Waals surface area contributed by atoms with Gasteiger partial charge >= 0.3 is 5.97 Å². The molecular weight excluding hydrogens is 1430 g/mol. The molecule has 28 heteroatoms. The number of benzene rings is 2. The fourth-order valence-electron chi connectivity index (χ4n) is 16.0. The molecule has 630 valence electrons. The second-order valence-corrected chi connectivity index (χ2v) is 33.4. The van der Waals surface area contributed by atoms with Crippen LogP contribution in [0, 0.1) is 40.9 Å². The van der Waals surface area contributed by atoms with Gasteiger partial charge in [0.1, 0.15) is 29.8 Å². The number of nitrogens with zero attached hydrogens (tertiary/aromatic N) is 4. The van der Waals surface area contributed by atoms with Crippen molar-refractivity contribution in [3.8, 4) is 0 Å². The summed E-state index contributed by atoms with van der Waals surface area (Å²) >= 11 is 0. The summed E-state index contributed by atoms with van der Waals surface area (Å²) in [5, 5.41) is 29.3. The number of amides is 9. The van der Waals surface area contributed by atoms with Gasteiger partial charge in [-0.05, 0) is 127 Å².